The van der Waals surface area contributed by atoms with Gasteiger partial charge in [-0.05, 0) is 32.0 Å². The summed E-state index contributed by atoms with van der Waals surface area (Å²) in [6.07, 6.45) is 0. The Kier molecular flexibility index (Phi) is 4.04. The third-order valence-corrected chi connectivity index (χ3v) is 4.49. The normalized spacial score (nSPS) is 12.4. The zero-order valence-electron chi connectivity index (χ0n) is 9.90. The summed E-state index contributed by atoms with van der Waals surface area (Å²) in [5.41, 5.74) is 9.44. The van der Waals surface area contributed by atoms with Crippen molar-refractivity contribution in [3.63, 3.8) is 0 Å². The van der Waals surface area contributed by atoms with E-state index in [0.717, 1.165) is 0 Å². The van der Waals surface area contributed by atoms with Gasteiger partial charge in [0.15, 0.2) is 0 Å². The average Bonchev–Trinajstić information content (AvgIpc) is 2.14. The van der Waals surface area contributed by atoms with Gasteiger partial charge < -0.3 is 11.5 Å². The molecule has 0 saturated heterocycles. The van der Waals surface area contributed by atoms with Gasteiger partial charge in [0.2, 0.25) is 15.9 Å². The Hall–Kier alpha value is -1.12. The number of sulfonamides is 1. The molecule has 1 aromatic carbocycles. The first-order valence-electron chi connectivity index (χ1n) is 4.95. The first kappa shape index (κ1) is 14.9. The molecule has 0 heterocycles. The highest BCUT2D eigenvalue weighted by atomic mass is 79.9. The van der Waals surface area contributed by atoms with Gasteiger partial charge in [-0.1, -0.05) is 15.9 Å². The molecule has 0 unspecified atom stereocenters. The monoisotopic (exact) mass is 335 g/mol. The molecule has 0 aliphatic carbocycles. The second-order valence-corrected chi connectivity index (χ2v) is 6.84. The van der Waals surface area contributed by atoms with E-state index in [1.54, 1.807) is 6.07 Å². The average molecular weight is 336 g/mol. The van der Waals surface area contributed by atoms with E-state index in [1.807, 2.05) is 0 Å². The van der Waals surface area contributed by atoms with Crippen LogP contribution in [0.3, 0.4) is 0 Å². The van der Waals surface area contributed by atoms with Gasteiger partial charge in [0, 0.05) is 4.47 Å². The number of nitrogens with one attached hydrogen (secondary N) is 1. The first-order valence-corrected chi connectivity index (χ1v) is 7.23. The number of rotatable bonds is 4. The van der Waals surface area contributed by atoms with E-state index >= 15 is 0 Å². The lowest BCUT2D eigenvalue weighted by atomic mass is 10.1. The maximum atomic E-state index is 12.1. The van der Waals surface area contributed by atoms with E-state index in [4.69, 9.17) is 11.5 Å². The molecular weight excluding hydrogens is 322 g/mol. The maximum Gasteiger partial charge on any atom is 0.243 e. The van der Waals surface area contributed by atoms with Crippen LogP contribution >= 0.6 is 15.9 Å². The van der Waals surface area contributed by atoms with Crippen molar-refractivity contribution in [1.82, 2.24) is 4.72 Å². The van der Waals surface area contributed by atoms with Crippen LogP contribution in [0.1, 0.15) is 13.8 Å². The fourth-order valence-electron chi connectivity index (χ4n) is 1.21. The Bertz CT molecular complexity index is 584. The summed E-state index contributed by atoms with van der Waals surface area (Å²) in [4.78, 5) is 11.0. The lowest BCUT2D eigenvalue weighted by molar-refractivity contribution is -0.122. The van der Waals surface area contributed by atoms with Crippen LogP contribution in [-0.4, -0.2) is 19.9 Å². The highest BCUT2D eigenvalue weighted by Crippen LogP contribution is 2.23. The molecule has 0 aromatic heterocycles. The van der Waals surface area contributed by atoms with E-state index in [2.05, 4.69) is 20.7 Å². The fourth-order valence-corrected chi connectivity index (χ4v) is 3.08. The van der Waals surface area contributed by atoms with Gasteiger partial charge in [0.05, 0.1) is 5.69 Å². The maximum absolute atomic E-state index is 12.1. The van der Waals surface area contributed by atoms with Crippen molar-refractivity contribution in [2.75, 3.05) is 5.73 Å². The molecule has 5 N–H and O–H groups in total. The SMILES string of the molecule is CC(C)(NS(=O)(=O)c1ccc(Br)cc1N)C(N)=O. The van der Waals surface area contributed by atoms with Gasteiger partial charge >= 0.3 is 0 Å². The van der Waals surface area contributed by atoms with Crippen LogP contribution in [-0.2, 0) is 14.8 Å². The third kappa shape index (κ3) is 3.21. The third-order valence-electron chi connectivity index (χ3n) is 2.27. The summed E-state index contributed by atoms with van der Waals surface area (Å²) in [5.74, 6) is -0.776. The molecule has 18 heavy (non-hydrogen) atoms. The number of nitrogen functional groups attached to an aromatic ring is 1. The fraction of sp³-hybridized carbons (Fsp3) is 0.300. The van der Waals surface area contributed by atoms with Gasteiger partial charge in [0.25, 0.3) is 0 Å². The topological polar surface area (TPSA) is 115 Å². The molecule has 100 valence electrons. The molecular formula is C10H14BrN3O3S. The minimum atomic E-state index is -3.91. The standard InChI is InChI=1S/C10H14BrN3O3S/c1-10(2,9(13)15)14-18(16,17)8-4-3-6(11)5-7(8)12/h3-5,14H,12H2,1-2H3,(H2,13,15). The van der Waals surface area contributed by atoms with Crippen LogP contribution in [0.15, 0.2) is 27.6 Å². The van der Waals surface area contributed by atoms with Crippen LogP contribution < -0.4 is 16.2 Å². The van der Waals surface area contributed by atoms with E-state index in [9.17, 15) is 13.2 Å². The predicted octanol–water partition coefficient (Wildman–Crippen LogP) is 0.574. The van der Waals surface area contributed by atoms with Crippen molar-refractivity contribution in [3.05, 3.63) is 22.7 Å². The van der Waals surface area contributed by atoms with Crippen molar-refractivity contribution in [2.45, 2.75) is 24.3 Å². The number of primary amides is 1. The molecule has 6 nitrogen and oxygen atoms in total. The number of carbonyl (C=O) groups is 1. The van der Waals surface area contributed by atoms with Crippen molar-refractivity contribution in [3.8, 4) is 0 Å². The Morgan fingerprint density at radius 2 is 1.94 bits per heavy atom. The smallest absolute Gasteiger partial charge is 0.243 e. The molecule has 0 saturated carbocycles. The molecule has 0 radical (unpaired) electrons. The number of anilines is 1. The van der Waals surface area contributed by atoms with E-state index < -0.39 is 21.5 Å². The molecule has 0 bridgehead atoms. The molecule has 0 atom stereocenters. The highest BCUT2D eigenvalue weighted by molar-refractivity contribution is 9.10. The van der Waals surface area contributed by atoms with Crippen molar-refractivity contribution in [2.24, 2.45) is 5.73 Å². The molecule has 0 aliphatic rings. The largest absolute Gasteiger partial charge is 0.398 e. The summed E-state index contributed by atoms with van der Waals surface area (Å²) >= 11 is 3.18. The summed E-state index contributed by atoms with van der Waals surface area (Å²) in [7, 11) is -3.91. The number of nitrogens with two attached hydrogens (primary N) is 2. The lowest BCUT2D eigenvalue weighted by Gasteiger charge is -2.22. The Morgan fingerprint density at radius 3 is 2.39 bits per heavy atom. The summed E-state index contributed by atoms with van der Waals surface area (Å²) in [5, 5.41) is 0. The van der Waals surface area contributed by atoms with Gasteiger partial charge in [-0.25, -0.2) is 8.42 Å². The Labute approximate surface area is 114 Å². The van der Waals surface area contributed by atoms with E-state index in [1.165, 1.54) is 26.0 Å². The summed E-state index contributed by atoms with van der Waals surface area (Å²) < 4.78 is 27.0. The molecule has 0 aliphatic heterocycles. The number of hydrogen-bond donors (Lipinski definition) is 3. The first-order chi connectivity index (χ1) is 8.06. The second kappa shape index (κ2) is 4.87. The van der Waals surface area contributed by atoms with Crippen LogP contribution in [0, 0.1) is 0 Å². The number of hydrogen-bond acceptors (Lipinski definition) is 4. The number of benzene rings is 1. The minimum absolute atomic E-state index is 0.0807. The van der Waals surface area contributed by atoms with Crippen LogP contribution in [0.25, 0.3) is 0 Å². The van der Waals surface area contributed by atoms with Crippen LogP contribution in [0.2, 0.25) is 0 Å². The van der Waals surface area contributed by atoms with Crippen molar-refractivity contribution >= 4 is 37.5 Å². The van der Waals surface area contributed by atoms with Gasteiger partial charge in [0.1, 0.15) is 10.4 Å². The lowest BCUT2D eigenvalue weighted by Crippen LogP contribution is -2.52. The highest BCUT2D eigenvalue weighted by Gasteiger charge is 2.32. The Balaban J connectivity index is 3.19. The molecule has 1 rings (SSSR count). The molecule has 0 fully saturated rings. The summed E-state index contributed by atoms with van der Waals surface area (Å²) in [6, 6.07) is 4.35. The zero-order chi connectivity index (χ0) is 14.1. The van der Waals surface area contributed by atoms with E-state index in [-0.39, 0.29) is 10.6 Å². The zero-order valence-corrected chi connectivity index (χ0v) is 12.3. The predicted molar refractivity (Wildman–Crippen MR) is 72.1 cm³/mol. The minimum Gasteiger partial charge on any atom is -0.398 e. The van der Waals surface area contributed by atoms with Crippen LogP contribution in [0.4, 0.5) is 5.69 Å². The van der Waals surface area contributed by atoms with Gasteiger partial charge in [-0.15, -0.1) is 0 Å². The van der Waals surface area contributed by atoms with Gasteiger partial charge in [-0.3, -0.25) is 4.79 Å². The summed E-state index contributed by atoms with van der Waals surface area (Å²) in [6.45, 7) is 2.75. The van der Waals surface area contributed by atoms with E-state index in [0.29, 0.717) is 4.47 Å². The molecule has 1 aromatic rings. The molecule has 1 amide bonds. The second-order valence-electron chi connectivity index (χ2n) is 4.28. The quantitative estimate of drug-likeness (QED) is 0.697. The van der Waals surface area contributed by atoms with Crippen LogP contribution in [0.5, 0.6) is 0 Å². The number of halogens is 1. The Morgan fingerprint density at radius 1 is 1.39 bits per heavy atom. The van der Waals surface area contributed by atoms with Crippen molar-refractivity contribution in [1.29, 1.82) is 0 Å². The molecule has 0 spiro atoms. The number of amides is 1. The van der Waals surface area contributed by atoms with Gasteiger partial charge in [-0.2, -0.15) is 4.72 Å². The number of carbonyl (C=O) groups excluding carboxylic acids is 1. The molecule has 8 heteroatoms. The van der Waals surface area contributed by atoms with Crippen molar-refractivity contribution < 1.29 is 13.2 Å².